The number of benzene rings is 1. The topological polar surface area (TPSA) is 120 Å². The summed E-state index contributed by atoms with van der Waals surface area (Å²) < 4.78 is 16.7. The number of aliphatic hydroxyl groups excluding tert-OH is 1. The zero-order chi connectivity index (χ0) is 18.7. The van der Waals surface area contributed by atoms with Gasteiger partial charge in [-0.2, -0.15) is 0 Å². The van der Waals surface area contributed by atoms with E-state index in [1.54, 1.807) is 37.3 Å². The number of aromatic nitrogens is 2. The summed E-state index contributed by atoms with van der Waals surface area (Å²) in [6.45, 7) is 1.32. The average molecular weight is 362 g/mol. The molecule has 26 heavy (non-hydrogen) atoms. The number of ether oxygens (including phenoxy) is 3. The third-order valence-electron chi connectivity index (χ3n) is 3.97. The standard InChI is InChI=1S/C17H18N2O7/c1-10-8-19(16(22)18-15(10)21)14-7-12(20)13(26-14)9-24-17(23)25-11-5-3-2-4-6-11/h2-6,8,12-14,20H,7,9H2,1H3,(H,18,21,22). The number of hydrogen-bond donors (Lipinski definition) is 2. The molecule has 0 radical (unpaired) electrons. The largest absolute Gasteiger partial charge is 0.513 e. The molecule has 3 atom stereocenters. The average Bonchev–Trinajstić information content (AvgIpc) is 2.98. The van der Waals surface area contributed by atoms with E-state index in [1.165, 1.54) is 10.8 Å². The minimum atomic E-state index is -0.941. The number of nitrogens with zero attached hydrogens (tertiary/aromatic N) is 1. The van der Waals surface area contributed by atoms with Crippen LogP contribution in [0.25, 0.3) is 0 Å². The van der Waals surface area contributed by atoms with Crippen LogP contribution in [-0.2, 0) is 9.47 Å². The number of carbonyl (C=O) groups is 1. The molecule has 1 saturated heterocycles. The van der Waals surface area contributed by atoms with Gasteiger partial charge in [0, 0.05) is 18.2 Å². The summed E-state index contributed by atoms with van der Waals surface area (Å²) in [5, 5.41) is 10.1. The molecule has 0 spiro atoms. The highest BCUT2D eigenvalue weighted by Crippen LogP contribution is 2.27. The molecule has 138 valence electrons. The molecule has 1 aromatic carbocycles. The number of H-pyrrole nitrogens is 1. The summed E-state index contributed by atoms with van der Waals surface area (Å²) >= 11 is 0. The fourth-order valence-electron chi connectivity index (χ4n) is 2.60. The van der Waals surface area contributed by atoms with Crippen molar-refractivity contribution in [1.29, 1.82) is 0 Å². The monoisotopic (exact) mass is 362 g/mol. The molecular weight excluding hydrogens is 344 g/mol. The summed E-state index contributed by atoms with van der Waals surface area (Å²) in [6.07, 6.45) is -1.97. The van der Waals surface area contributed by atoms with E-state index in [4.69, 9.17) is 14.2 Å². The van der Waals surface area contributed by atoms with Crippen molar-refractivity contribution in [3.05, 3.63) is 62.9 Å². The lowest BCUT2D eigenvalue weighted by molar-refractivity contribution is -0.0537. The second kappa shape index (κ2) is 7.54. The molecule has 0 aliphatic carbocycles. The Balaban J connectivity index is 1.59. The van der Waals surface area contributed by atoms with Gasteiger partial charge in [0.1, 0.15) is 24.7 Å². The first-order chi connectivity index (χ1) is 12.4. The number of aryl methyl sites for hydroxylation is 1. The maximum Gasteiger partial charge on any atom is 0.513 e. The Kier molecular flexibility index (Phi) is 5.19. The number of aromatic amines is 1. The number of para-hydroxylation sites is 1. The van der Waals surface area contributed by atoms with Gasteiger partial charge < -0.3 is 19.3 Å². The molecule has 1 aliphatic rings. The predicted octanol–water partition coefficient (Wildman–Crippen LogP) is 0.709. The fourth-order valence-corrected chi connectivity index (χ4v) is 2.60. The summed E-state index contributed by atoms with van der Waals surface area (Å²) in [4.78, 5) is 37.2. The number of nitrogens with one attached hydrogen (secondary N) is 1. The Hall–Kier alpha value is -2.91. The molecular formula is C17H18N2O7. The van der Waals surface area contributed by atoms with Crippen LogP contribution in [0, 0.1) is 6.92 Å². The number of hydrogen-bond acceptors (Lipinski definition) is 7. The highest BCUT2D eigenvalue weighted by molar-refractivity contribution is 5.63. The Morgan fingerprint density at radius 1 is 1.35 bits per heavy atom. The Labute approximate surface area is 147 Å². The third kappa shape index (κ3) is 4.01. The van der Waals surface area contributed by atoms with Crippen LogP contribution in [0.5, 0.6) is 5.75 Å². The lowest BCUT2D eigenvalue weighted by atomic mass is 10.2. The van der Waals surface area contributed by atoms with Crippen LogP contribution >= 0.6 is 0 Å². The molecule has 2 heterocycles. The van der Waals surface area contributed by atoms with E-state index in [1.807, 2.05) is 0 Å². The lowest BCUT2D eigenvalue weighted by Gasteiger charge is -2.16. The van der Waals surface area contributed by atoms with E-state index in [0.717, 1.165) is 0 Å². The van der Waals surface area contributed by atoms with Gasteiger partial charge in [-0.1, -0.05) is 18.2 Å². The van der Waals surface area contributed by atoms with Crippen LogP contribution in [0.1, 0.15) is 18.2 Å². The second-order valence-corrected chi connectivity index (χ2v) is 5.89. The maximum atomic E-state index is 11.9. The molecule has 1 aliphatic heterocycles. The zero-order valence-corrected chi connectivity index (χ0v) is 14.0. The molecule has 2 N–H and O–H groups in total. The number of rotatable bonds is 4. The minimum absolute atomic E-state index is 0.118. The van der Waals surface area contributed by atoms with Gasteiger partial charge in [-0.15, -0.1) is 0 Å². The summed E-state index contributed by atoms with van der Waals surface area (Å²) in [7, 11) is 0. The van der Waals surface area contributed by atoms with Crippen LogP contribution in [0.2, 0.25) is 0 Å². The molecule has 0 amide bonds. The van der Waals surface area contributed by atoms with Crippen molar-refractivity contribution in [2.75, 3.05) is 6.61 Å². The number of aliphatic hydroxyl groups is 1. The van der Waals surface area contributed by atoms with Crippen molar-refractivity contribution in [1.82, 2.24) is 9.55 Å². The Morgan fingerprint density at radius 2 is 2.08 bits per heavy atom. The van der Waals surface area contributed by atoms with Gasteiger partial charge in [-0.05, 0) is 19.1 Å². The first kappa shape index (κ1) is 17.9. The molecule has 1 fully saturated rings. The van der Waals surface area contributed by atoms with Crippen molar-refractivity contribution in [2.45, 2.75) is 31.8 Å². The highest BCUT2D eigenvalue weighted by atomic mass is 16.7. The lowest BCUT2D eigenvalue weighted by Crippen LogP contribution is -2.33. The SMILES string of the molecule is Cc1cn(C2CC(O)C(COC(=O)Oc3ccccc3)O2)c(=O)[nH]c1=O. The normalized spacial score (nSPS) is 22.2. The Morgan fingerprint density at radius 3 is 2.81 bits per heavy atom. The quantitative estimate of drug-likeness (QED) is 0.607. The second-order valence-electron chi connectivity index (χ2n) is 5.89. The summed E-state index contributed by atoms with van der Waals surface area (Å²) in [5.74, 6) is 0.332. The first-order valence-corrected chi connectivity index (χ1v) is 7.99. The van der Waals surface area contributed by atoms with E-state index < -0.39 is 35.8 Å². The molecule has 9 heteroatoms. The predicted molar refractivity (Wildman–Crippen MR) is 89.0 cm³/mol. The molecule has 0 saturated carbocycles. The van der Waals surface area contributed by atoms with E-state index in [-0.39, 0.29) is 13.0 Å². The molecule has 2 aromatic rings. The molecule has 9 nitrogen and oxygen atoms in total. The highest BCUT2D eigenvalue weighted by Gasteiger charge is 2.36. The molecule has 3 unspecified atom stereocenters. The van der Waals surface area contributed by atoms with Gasteiger partial charge in [0.05, 0.1) is 6.10 Å². The van der Waals surface area contributed by atoms with Gasteiger partial charge in [0.15, 0.2) is 0 Å². The van der Waals surface area contributed by atoms with Crippen molar-refractivity contribution in [3.63, 3.8) is 0 Å². The minimum Gasteiger partial charge on any atom is -0.431 e. The van der Waals surface area contributed by atoms with Gasteiger partial charge >= 0.3 is 11.8 Å². The smallest absolute Gasteiger partial charge is 0.431 e. The van der Waals surface area contributed by atoms with Crippen LogP contribution in [0.15, 0.2) is 46.1 Å². The summed E-state index contributed by atoms with van der Waals surface area (Å²) in [6, 6.07) is 8.40. The van der Waals surface area contributed by atoms with E-state index >= 15 is 0 Å². The van der Waals surface area contributed by atoms with Gasteiger partial charge in [0.2, 0.25) is 0 Å². The van der Waals surface area contributed by atoms with Crippen molar-refractivity contribution in [3.8, 4) is 5.75 Å². The first-order valence-electron chi connectivity index (χ1n) is 7.99. The Bertz CT molecular complexity index is 890. The maximum absolute atomic E-state index is 11.9. The van der Waals surface area contributed by atoms with Gasteiger partial charge in [0.25, 0.3) is 5.56 Å². The molecule has 3 rings (SSSR count). The van der Waals surface area contributed by atoms with Crippen molar-refractivity contribution >= 4 is 6.16 Å². The third-order valence-corrected chi connectivity index (χ3v) is 3.97. The van der Waals surface area contributed by atoms with Crippen LogP contribution in [0.4, 0.5) is 4.79 Å². The van der Waals surface area contributed by atoms with Crippen molar-refractivity contribution in [2.24, 2.45) is 0 Å². The summed E-state index contributed by atoms with van der Waals surface area (Å²) in [5.41, 5.74) is -0.773. The molecule has 1 aromatic heterocycles. The van der Waals surface area contributed by atoms with E-state index in [9.17, 15) is 19.5 Å². The fraction of sp³-hybridized carbons (Fsp3) is 0.353. The van der Waals surface area contributed by atoms with E-state index in [2.05, 4.69) is 4.98 Å². The van der Waals surface area contributed by atoms with Crippen LogP contribution in [-0.4, -0.2) is 39.6 Å². The van der Waals surface area contributed by atoms with Gasteiger partial charge in [-0.3, -0.25) is 14.3 Å². The van der Waals surface area contributed by atoms with E-state index in [0.29, 0.717) is 11.3 Å². The van der Waals surface area contributed by atoms with Gasteiger partial charge in [-0.25, -0.2) is 9.59 Å². The zero-order valence-electron chi connectivity index (χ0n) is 14.0. The number of carbonyl (C=O) groups excluding carboxylic acids is 1. The van der Waals surface area contributed by atoms with Crippen molar-refractivity contribution < 1.29 is 24.1 Å². The van der Waals surface area contributed by atoms with Crippen LogP contribution < -0.4 is 16.0 Å². The molecule has 0 bridgehead atoms. The van der Waals surface area contributed by atoms with Crippen LogP contribution in [0.3, 0.4) is 0 Å².